The zero-order valence-electron chi connectivity index (χ0n) is 13.6. The first-order chi connectivity index (χ1) is 10.9. The monoisotopic (exact) mass is 340 g/mol. The number of carbonyl (C=O) groups excluding carboxylic acids is 1. The van der Waals surface area contributed by atoms with E-state index in [1.807, 2.05) is 6.92 Å². The van der Waals surface area contributed by atoms with Crippen LogP contribution in [0.1, 0.15) is 42.1 Å². The van der Waals surface area contributed by atoms with E-state index in [1.54, 1.807) is 13.0 Å². The fraction of sp³-hybridized carbons (Fsp3) is 0.562. The molecule has 0 aliphatic carbocycles. The van der Waals surface area contributed by atoms with Crippen LogP contribution in [0.15, 0.2) is 23.1 Å². The highest BCUT2D eigenvalue weighted by molar-refractivity contribution is 7.89. The van der Waals surface area contributed by atoms with Crippen LogP contribution in [0.3, 0.4) is 0 Å². The van der Waals surface area contributed by atoms with Gasteiger partial charge in [0.2, 0.25) is 10.0 Å². The Morgan fingerprint density at radius 3 is 2.83 bits per heavy atom. The fourth-order valence-electron chi connectivity index (χ4n) is 2.44. The molecule has 1 fully saturated rings. The molecule has 1 aromatic carbocycles. The minimum absolute atomic E-state index is 0.0671. The van der Waals surface area contributed by atoms with Gasteiger partial charge in [0, 0.05) is 25.3 Å². The van der Waals surface area contributed by atoms with E-state index in [-0.39, 0.29) is 23.5 Å². The highest BCUT2D eigenvalue weighted by Gasteiger charge is 2.21. The quantitative estimate of drug-likeness (QED) is 0.789. The number of benzene rings is 1. The van der Waals surface area contributed by atoms with Gasteiger partial charge in [-0.1, -0.05) is 13.0 Å². The van der Waals surface area contributed by atoms with Crippen LogP contribution in [0.4, 0.5) is 0 Å². The Labute approximate surface area is 137 Å². The molecule has 0 saturated carbocycles. The maximum Gasteiger partial charge on any atom is 0.251 e. The minimum atomic E-state index is -3.65. The topological polar surface area (TPSA) is 84.5 Å². The third-order valence-electron chi connectivity index (χ3n) is 3.82. The molecule has 128 valence electrons. The summed E-state index contributed by atoms with van der Waals surface area (Å²) in [5, 5.41) is 2.77. The highest BCUT2D eigenvalue weighted by Crippen LogP contribution is 2.17. The number of carbonyl (C=O) groups is 1. The number of amides is 1. The van der Waals surface area contributed by atoms with Crippen LogP contribution in [0.25, 0.3) is 0 Å². The van der Waals surface area contributed by atoms with Crippen molar-refractivity contribution in [3.8, 4) is 0 Å². The van der Waals surface area contributed by atoms with Gasteiger partial charge in [-0.3, -0.25) is 4.79 Å². The number of nitrogens with one attached hydrogen (secondary N) is 2. The molecule has 1 heterocycles. The van der Waals surface area contributed by atoms with Crippen LogP contribution >= 0.6 is 0 Å². The highest BCUT2D eigenvalue weighted by atomic mass is 32.2. The van der Waals surface area contributed by atoms with E-state index in [0.717, 1.165) is 24.8 Å². The lowest BCUT2D eigenvalue weighted by Gasteiger charge is -2.13. The van der Waals surface area contributed by atoms with Gasteiger partial charge < -0.3 is 10.1 Å². The molecule has 0 aromatic heterocycles. The summed E-state index contributed by atoms with van der Waals surface area (Å²) in [5.74, 6) is -0.250. The summed E-state index contributed by atoms with van der Waals surface area (Å²) in [6, 6.07) is 4.60. The summed E-state index contributed by atoms with van der Waals surface area (Å²) >= 11 is 0. The molecule has 1 saturated heterocycles. The Bertz CT molecular complexity index is 652. The Morgan fingerprint density at radius 1 is 1.39 bits per heavy atom. The van der Waals surface area contributed by atoms with Crippen molar-refractivity contribution < 1.29 is 17.9 Å². The fourth-order valence-corrected chi connectivity index (χ4v) is 3.53. The van der Waals surface area contributed by atoms with E-state index in [9.17, 15) is 13.2 Å². The summed E-state index contributed by atoms with van der Waals surface area (Å²) in [6.45, 7) is 5.25. The van der Waals surface area contributed by atoms with E-state index in [0.29, 0.717) is 18.7 Å². The molecule has 23 heavy (non-hydrogen) atoms. The smallest absolute Gasteiger partial charge is 0.251 e. The summed E-state index contributed by atoms with van der Waals surface area (Å²) < 4.78 is 32.8. The van der Waals surface area contributed by atoms with Gasteiger partial charge in [0.25, 0.3) is 5.91 Å². The molecule has 1 aromatic rings. The molecule has 1 atom stereocenters. The number of ether oxygens (including phenoxy) is 1. The van der Waals surface area contributed by atoms with Crippen LogP contribution in [-0.4, -0.2) is 40.1 Å². The van der Waals surface area contributed by atoms with Crippen LogP contribution < -0.4 is 10.0 Å². The molecule has 0 radical (unpaired) electrons. The van der Waals surface area contributed by atoms with Crippen molar-refractivity contribution in [1.29, 1.82) is 0 Å². The zero-order valence-corrected chi connectivity index (χ0v) is 14.4. The second kappa shape index (κ2) is 7.90. The maximum absolute atomic E-state index is 12.4. The second-order valence-electron chi connectivity index (χ2n) is 5.72. The SMILES string of the molecule is CCCNC(=O)c1cc(S(=O)(=O)NC[C@H]2CCCO2)ccc1C. The normalized spacial score (nSPS) is 18.1. The predicted octanol–water partition coefficient (Wildman–Crippen LogP) is 1.59. The lowest BCUT2D eigenvalue weighted by Crippen LogP contribution is -2.32. The largest absolute Gasteiger partial charge is 0.377 e. The molecule has 7 heteroatoms. The first-order valence-corrected chi connectivity index (χ1v) is 9.42. The molecule has 2 rings (SSSR count). The molecule has 1 aliphatic heterocycles. The van der Waals surface area contributed by atoms with E-state index < -0.39 is 10.0 Å². The van der Waals surface area contributed by atoms with Crippen molar-refractivity contribution >= 4 is 15.9 Å². The summed E-state index contributed by atoms with van der Waals surface area (Å²) in [5.41, 5.74) is 1.13. The summed E-state index contributed by atoms with van der Waals surface area (Å²) in [4.78, 5) is 12.2. The van der Waals surface area contributed by atoms with Gasteiger partial charge >= 0.3 is 0 Å². The van der Waals surface area contributed by atoms with E-state index in [4.69, 9.17) is 4.74 Å². The molecule has 1 amide bonds. The first-order valence-electron chi connectivity index (χ1n) is 7.94. The second-order valence-corrected chi connectivity index (χ2v) is 7.49. The van der Waals surface area contributed by atoms with Gasteiger partial charge in [0.1, 0.15) is 0 Å². The van der Waals surface area contributed by atoms with E-state index in [1.165, 1.54) is 12.1 Å². The number of hydrogen-bond acceptors (Lipinski definition) is 4. The van der Waals surface area contributed by atoms with Crippen molar-refractivity contribution in [3.63, 3.8) is 0 Å². The molecule has 0 unspecified atom stereocenters. The minimum Gasteiger partial charge on any atom is -0.377 e. The predicted molar refractivity (Wildman–Crippen MR) is 88.0 cm³/mol. The number of rotatable bonds is 7. The van der Waals surface area contributed by atoms with Crippen LogP contribution in [0.2, 0.25) is 0 Å². The van der Waals surface area contributed by atoms with Crippen molar-refractivity contribution in [3.05, 3.63) is 29.3 Å². The maximum atomic E-state index is 12.4. The van der Waals surface area contributed by atoms with Gasteiger partial charge in [-0.2, -0.15) is 0 Å². The Kier molecular flexibility index (Phi) is 6.15. The Balaban J connectivity index is 2.12. The summed E-state index contributed by atoms with van der Waals surface area (Å²) in [6.07, 6.45) is 2.58. The third-order valence-corrected chi connectivity index (χ3v) is 5.25. The van der Waals surface area contributed by atoms with Gasteiger partial charge in [0.05, 0.1) is 11.0 Å². The standard InChI is InChI=1S/C16H24N2O4S/c1-3-8-17-16(19)15-10-14(7-6-12(15)2)23(20,21)18-11-13-5-4-9-22-13/h6-7,10,13,18H,3-5,8-9,11H2,1-2H3,(H,17,19)/t13-/m1/s1. The lowest BCUT2D eigenvalue weighted by atomic mass is 10.1. The molecule has 2 N–H and O–H groups in total. The molecule has 1 aliphatic rings. The lowest BCUT2D eigenvalue weighted by molar-refractivity contribution is 0.0952. The number of aryl methyl sites for hydroxylation is 1. The Morgan fingerprint density at radius 2 is 2.17 bits per heavy atom. The van der Waals surface area contributed by atoms with Gasteiger partial charge in [-0.05, 0) is 43.9 Å². The van der Waals surface area contributed by atoms with Crippen LogP contribution in [-0.2, 0) is 14.8 Å². The first kappa shape index (κ1) is 17.9. The van der Waals surface area contributed by atoms with Crippen molar-refractivity contribution in [2.75, 3.05) is 19.7 Å². The molecule has 0 spiro atoms. The van der Waals surface area contributed by atoms with Crippen LogP contribution in [0, 0.1) is 6.92 Å². The average Bonchev–Trinajstić information content (AvgIpc) is 3.04. The molecule has 0 bridgehead atoms. The third kappa shape index (κ3) is 4.76. The number of hydrogen-bond donors (Lipinski definition) is 2. The van der Waals surface area contributed by atoms with Crippen molar-refractivity contribution in [1.82, 2.24) is 10.0 Å². The molecule has 6 nitrogen and oxygen atoms in total. The van der Waals surface area contributed by atoms with E-state index >= 15 is 0 Å². The van der Waals surface area contributed by atoms with Gasteiger partial charge in [-0.15, -0.1) is 0 Å². The summed E-state index contributed by atoms with van der Waals surface area (Å²) in [7, 11) is -3.65. The zero-order chi connectivity index (χ0) is 16.9. The van der Waals surface area contributed by atoms with Crippen molar-refractivity contribution in [2.24, 2.45) is 0 Å². The van der Waals surface area contributed by atoms with Gasteiger partial charge in [0.15, 0.2) is 0 Å². The average molecular weight is 340 g/mol. The van der Waals surface area contributed by atoms with Crippen molar-refractivity contribution in [2.45, 2.75) is 44.1 Å². The number of sulfonamides is 1. The van der Waals surface area contributed by atoms with Gasteiger partial charge in [-0.25, -0.2) is 13.1 Å². The van der Waals surface area contributed by atoms with E-state index in [2.05, 4.69) is 10.0 Å². The van der Waals surface area contributed by atoms with Crippen LogP contribution in [0.5, 0.6) is 0 Å². The Hall–Kier alpha value is -1.44. The molecular weight excluding hydrogens is 316 g/mol. The molecular formula is C16H24N2O4S.